The number of hydrogen-bond acceptors (Lipinski definition) is 4. The second-order valence-corrected chi connectivity index (χ2v) is 9.11. The standard InChI is InChI=1S/C25H22FN3O3S/c1-25(24(31)27-14-16-3-5-18(26)6-4-16)15-28-21(13-17-11-12-33-23(17)28)22(30)29(25)19-7-9-20(32-2)10-8-19/h3-13H,14-15H2,1-2H3,(H,27,31)/t25-/m1/s1. The molecule has 0 aliphatic carbocycles. The molecule has 3 heterocycles. The van der Waals surface area contributed by atoms with E-state index in [0.717, 1.165) is 15.8 Å². The molecule has 1 aliphatic heterocycles. The van der Waals surface area contributed by atoms with Crippen LogP contribution in [0.2, 0.25) is 0 Å². The lowest BCUT2D eigenvalue weighted by molar-refractivity contribution is -0.126. The number of amides is 2. The first-order chi connectivity index (χ1) is 15.9. The molecule has 0 spiro atoms. The summed E-state index contributed by atoms with van der Waals surface area (Å²) >= 11 is 1.55. The van der Waals surface area contributed by atoms with Gasteiger partial charge in [-0.05, 0) is 66.4 Å². The van der Waals surface area contributed by atoms with E-state index in [4.69, 9.17) is 4.74 Å². The van der Waals surface area contributed by atoms with Crippen LogP contribution in [-0.2, 0) is 17.9 Å². The molecule has 0 fully saturated rings. The molecule has 5 rings (SSSR count). The number of rotatable bonds is 5. The molecule has 0 saturated carbocycles. The molecule has 2 amide bonds. The van der Waals surface area contributed by atoms with E-state index in [0.29, 0.717) is 23.7 Å². The van der Waals surface area contributed by atoms with E-state index >= 15 is 0 Å². The third-order valence-corrected chi connectivity index (χ3v) is 7.02. The highest BCUT2D eigenvalue weighted by Crippen LogP contribution is 2.37. The fourth-order valence-corrected chi connectivity index (χ4v) is 5.21. The minimum Gasteiger partial charge on any atom is -0.497 e. The van der Waals surface area contributed by atoms with Gasteiger partial charge in [0.05, 0.1) is 13.7 Å². The number of thiophene rings is 1. The predicted molar refractivity (Wildman–Crippen MR) is 126 cm³/mol. The van der Waals surface area contributed by atoms with Gasteiger partial charge in [0.25, 0.3) is 5.91 Å². The first kappa shape index (κ1) is 21.2. The Morgan fingerprint density at radius 2 is 1.88 bits per heavy atom. The Morgan fingerprint density at radius 1 is 1.15 bits per heavy atom. The van der Waals surface area contributed by atoms with Gasteiger partial charge in [-0.2, -0.15) is 0 Å². The van der Waals surface area contributed by atoms with Gasteiger partial charge in [0.2, 0.25) is 5.91 Å². The maximum absolute atomic E-state index is 13.7. The molecule has 2 aromatic heterocycles. The summed E-state index contributed by atoms with van der Waals surface area (Å²) < 4.78 is 20.4. The van der Waals surface area contributed by atoms with Gasteiger partial charge in [0.1, 0.15) is 27.6 Å². The van der Waals surface area contributed by atoms with E-state index in [-0.39, 0.29) is 24.2 Å². The molecule has 168 valence electrons. The Morgan fingerprint density at radius 3 is 2.58 bits per heavy atom. The Hall–Kier alpha value is -3.65. The molecule has 2 aromatic carbocycles. The van der Waals surface area contributed by atoms with Crippen molar-refractivity contribution in [1.82, 2.24) is 9.88 Å². The van der Waals surface area contributed by atoms with Crippen molar-refractivity contribution in [3.05, 3.63) is 83.1 Å². The average Bonchev–Trinajstić information content (AvgIpc) is 3.41. The van der Waals surface area contributed by atoms with Gasteiger partial charge in [0, 0.05) is 17.6 Å². The van der Waals surface area contributed by atoms with Crippen LogP contribution >= 0.6 is 11.3 Å². The van der Waals surface area contributed by atoms with E-state index in [1.54, 1.807) is 66.7 Å². The third-order valence-electron chi connectivity index (χ3n) is 6.07. The van der Waals surface area contributed by atoms with Crippen LogP contribution in [0.3, 0.4) is 0 Å². The van der Waals surface area contributed by atoms with Crippen LogP contribution in [0.4, 0.5) is 10.1 Å². The summed E-state index contributed by atoms with van der Waals surface area (Å²) in [5.41, 5.74) is 0.746. The molecule has 0 radical (unpaired) electrons. The van der Waals surface area contributed by atoms with Crippen molar-refractivity contribution in [3.63, 3.8) is 0 Å². The molecule has 33 heavy (non-hydrogen) atoms. The van der Waals surface area contributed by atoms with Crippen molar-refractivity contribution >= 4 is 39.1 Å². The number of aromatic nitrogens is 1. The van der Waals surface area contributed by atoms with Crippen molar-refractivity contribution < 1.29 is 18.7 Å². The minimum absolute atomic E-state index is 0.228. The zero-order valence-corrected chi connectivity index (χ0v) is 19.0. The fraction of sp³-hybridized carbons (Fsp3) is 0.200. The Balaban J connectivity index is 1.54. The SMILES string of the molecule is COc1ccc(N2C(=O)c3cc4ccsc4n3C[C@]2(C)C(=O)NCc2ccc(F)cc2)cc1. The average molecular weight is 464 g/mol. The highest BCUT2D eigenvalue weighted by atomic mass is 32.1. The molecule has 0 bridgehead atoms. The smallest absolute Gasteiger partial charge is 0.275 e. The number of fused-ring (bicyclic) bond motifs is 3. The first-order valence-corrected chi connectivity index (χ1v) is 11.4. The molecule has 1 atom stereocenters. The molecule has 8 heteroatoms. The molecule has 1 aliphatic rings. The number of methoxy groups -OCH3 is 1. The van der Waals surface area contributed by atoms with E-state index < -0.39 is 5.54 Å². The highest BCUT2D eigenvalue weighted by Gasteiger charge is 2.48. The number of anilines is 1. The first-order valence-electron chi connectivity index (χ1n) is 10.5. The molecule has 6 nitrogen and oxygen atoms in total. The zero-order chi connectivity index (χ0) is 23.2. The zero-order valence-electron chi connectivity index (χ0n) is 18.2. The number of nitrogens with one attached hydrogen (secondary N) is 1. The summed E-state index contributed by atoms with van der Waals surface area (Å²) in [6, 6.07) is 16.9. The maximum Gasteiger partial charge on any atom is 0.275 e. The predicted octanol–water partition coefficient (Wildman–Crippen LogP) is 4.59. The Bertz CT molecular complexity index is 1340. The highest BCUT2D eigenvalue weighted by molar-refractivity contribution is 7.16. The van der Waals surface area contributed by atoms with Crippen LogP contribution in [-0.4, -0.2) is 29.0 Å². The van der Waals surface area contributed by atoms with Gasteiger partial charge < -0.3 is 14.6 Å². The number of benzene rings is 2. The van der Waals surface area contributed by atoms with Crippen molar-refractivity contribution in [1.29, 1.82) is 0 Å². The van der Waals surface area contributed by atoms with Gasteiger partial charge >= 0.3 is 0 Å². The van der Waals surface area contributed by atoms with Gasteiger partial charge in [-0.1, -0.05) is 12.1 Å². The molecular weight excluding hydrogens is 441 g/mol. The summed E-state index contributed by atoms with van der Waals surface area (Å²) in [7, 11) is 1.58. The van der Waals surface area contributed by atoms with Gasteiger partial charge in [0.15, 0.2) is 0 Å². The molecule has 0 saturated heterocycles. The Labute approximate surface area is 194 Å². The lowest BCUT2D eigenvalue weighted by Crippen LogP contribution is -2.64. The summed E-state index contributed by atoms with van der Waals surface area (Å²) in [6.07, 6.45) is 0. The van der Waals surface area contributed by atoms with Crippen LogP contribution < -0.4 is 15.0 Å². The summed E-state index contributed by atoms with van der Waals surface area (Å²) in [5, 5.41) is 5.90. The van der Waals surface area contributed by atoms with E-state index in [1.165, 1.54) is 12.1 Å². The molecule has 1 N–H and O–H groups in total. The topological polar surface area (TPSA) is 63.6 Å². The number of nitrogens with zero attached hydrogens (tertiary/aromatic N) is 2. The minimum atomic E-state index is -1.19. The van der Waals surface area contributed by atoms with Crippen LogP contribution in [0.5, 0.6) is 5.75 Å². The summed E-state index contributed by atoms with van der Waals surface area (Å²) in [5.74, 6) is -0.204. The summed E-state index contributed by atoms with van der Waals surface area (Å²) in [6.45, 7) is 2.31. The van der Waals surface area contributed by atoms with Gasteiger partial charge in [-0.25, -0.2) is 4.39 Å². The monoisotopic (exact) mass is 463 g/mol. The number of hydrogen-bond donors (Lipinski definition) is 1. The molecule has 0 unspecified atom stereocenters. The quantitative estimate of drug-likeness (QED) is 0.471. The van der Waals surface area contributed by atoms with Gasteiger partial charge in [-0.15, -0.1) is 11.3 Å². The third kappa shape index (κ3) is 3.56. The van der Waals surface area contributed by atoms with Crippen LogP contribution in [0.1, 0.15) is 23.0 Å². The van der Waals surface area contributed by atoms with E-state index in [2.05, 4.69) is 5.32 Å². The van der Waals surface area contributed by atoms with Crippen molar-refractivity contribution in [2.24, 2.45) is 0 Å². The maximum atomic E-state index is 13.7. The lowest BCUT2D eigenvalue weighted by atomic mass is 9.93. The molecule has 4 aromatic rings. The second-order valence-electron chi connectivity index (χ2n) is 8.22. The normalized spacial score (nSPS) is 17.8. The molecular formula is C25H22FN3O3S. The number of ether oxygens (including phenoxy) is 1. The van der Waals surface area contributed by atoms with Crippen molar-refractivity contribution in [2.45, 2.75) is 25.6 Å². The Kier molecular flexibility index (Phi) is 5.17. The lowest BCUT2D eigenvalue weighted by Gasteiger charge is -2.44. The number of carbonyl (C=O) groups excluding carboxylic acids is 2. The van der Waals surface area contributed by atoms with Gasteiger partial charge in [-0.3, -0.25) is 14.5 Å². The summed E-state index contributed by atoms with van der Waals surface area (Å²) in [4.78, 5) is 29.9. The second kappa shape index (κ2) is 8.04. The largest absolute Gasteiger partial charge is 0.497 e. The van der Waals surface area contributed by atoms with Crippen molar-refractivity contribution in [3.8, 4) is 5.75 Å². The fourth-order valence-electron chi connectivity index (χ4n) is 4.31. The van der Waals surface area contributed by atoms with E-state index in [9.17, 15) is 14.0 Å². The number of carbonyl (C=O) groups is 2. The van der Waals surface area contributed by atoms with Crippen LogP contribution in [0.15, 0.2) is 66.0 Å². The van der Waals surface area contributed by atoms with Crippen LogP contribution in [0.25, 0.3) is 10.2 Å². The van der Waals surface area contributed by atoms with E-state index in [1.807, 2.05) is 22.1 Å². The van der Waals surface area contributed by atoms with Crippen molar-refractivity contribution in [2.75, 3.05) is 12.0 Å². The van der Waals surface area contributed by atoms with Crippen LogP contribution in [0, 0.1) is 5.82 Å². The number of halogens is 1.